The van der Waals surface area contributed by atoms with Crippen LogP contribution in [0.5, 0.6) is 11.5 Å². The zero-order valence-electron chi connectivity index (χ0n) is 18.4. The first-order valence-corrected chi connectivity index (χ1v) is 11.2. The molecule has 0 bridgehead atoms. The molecule has 0 aliphatic carbocycles. The van der Waals surface area contributed by atoms with Gasteiger partial charge in [-0.25, -0.2) is 0 Å². The van der Waals surface area contributed by atoms with Gasteiger partial charge in [-0.05, 0) is 30.2 Å². The fourth-order valence-corrected chi connectivity index (χ4v) is 4.70. The highest BCUT2D eigenvalue weighted by Crippen LogP contribution is 2.37. The zero-order valence-corrected chi connectivity index (χ0v) is 18.4. The van der Waals surface area contributed by atoms with Gasteiger partial charge in [0.2, 0.25) is 18.6 Å². The second-order valence-corrected chi connectivity index (χ2v) is 8.54. The van der Waals surface area contributed by atoms with Crippen LogP contribution < -0.4 is 19.7 Å². The molecule has 2 aliphatic heterocycles. The molecule has 2 aliphatic rings. The number of carbonyl (C=O) groups is 2. The second-order valence-electron chi connectivity index (χ2n) is 8.54. The summed E-state index contributed by atoms with van der Waals surface area (Å²) in [5.41, 5.74) is 3.00. The number of fused-ring (bicyclic) bond motifs is 1. The molecular weight excluding hydrogens is 416 g/mol. The smallest absolute Gasteiger partial charge is 0.231 e. The SMILES string of the molecule is CC(NC(=O)C1CC(=O)N(c2ccc3c(c2)OCO3)C1)C(c1ccccc1)c1ccccc1. The first-order chi connectivity index (χ1) is 16.1. The molecule has 5 rings (SSSR count). The molecule has 2 amide bonds. The van der Waals surface area contributed by atoms with E-state index < -0.39 is 5.92 Å². The summed E-state index contributed by atoms with van der Waals surface area (Å²) >= 11 is 0. The van der Waals surface area contributed by atoms with E-state index in [0.29, 0.717) is 18.0 Å². The number of rotatable bonds is 6. The van der Waals surface area contributed by atoms with E-state index in [-0.39, 0.29) is 37.0 Å². The fourth-order valence-electron chi connectivity index (χ4n) is 4.70. The molecule has 0 saturated carbocycles. The summed E-state index contributed by atoms with van der Waals surface area (Å²) < 4.78 is 10.8. The molecule has 168 valence electrons. The van der Waals surface area contributed by atoms with E-state index in [4.69, 9.17) is 9.47 Å². The van der Waals surface area contributed by atoms with Crippen molar-refractivity contribution in [2.24, 2.45) is 5.92 Å². The van der Waals surface area contributed by atoms with Crippen molar-refractivity contribution < 1.29 is 19.1 Å². The van der Waals surface area contributed by atoms with Crippen LogP contribution in [-0.4, -0.2) is 31.2 Å². The third kappa shape index (κ3) is 4.29. The number of ether oxygens (including phenoxy) is 2. The second kappa shape index (κ2) is 8.98. The molecule has 2 atom stereocenters. The number of hydrogen-bond donors (Lipinski definition) is 1. The van der Waals surface area contributed by atoms with E-state index in [1.165, 1.54) is 0 Å². The summed E-state index contributed by atoms with van der Waals surface area (Å²) in [5.74, 6) is 0.730. The molecule has 0 aromatic heterocycles. The van der Waals surface area contributed by atoms with Gasteiger partial charge in [0, 0.05) is 36.7 Å². The summed E-state index contributed by atoms with van der Waals surface area (Å²) in [7, 11) is 0. The number of amides is 2. The van der Waals surface area contributed by atoms with Gasteiger partial charge in [-0.1, -0.05) is 60.7 Å². The maximum absolute atomic E-state index is 13.2. The minimum absolute atomic E-state index is 0.0124. The number of carbonyl (C=O) groups excluding carboxylic acids is 2. The van der Waals surface area contributed by atoms with Gasteiger partial charge >= 0.3 is 0 Å². The molecule has 3 aromatic carbocycles. The Hall–Kier alpha value is -3.80. The minimum atomic E-state index is -0.405. The highest BCUT2D eigenvalue weighted by atomic mass is 16.7. The van der Waals surface area contributed by atoms with Crippen molar-refractivity contribution >= 4 is 17.5 Å². The molecule has 0 radical (unpaired) electrons. The number of nitrogens with one attached hydrogen (secondary N) is 1. The minimum Gasteiger partial charge on any atom is -0.454 e. The van der Waals surface area contributed by atoms with Crippen LogP contribution in [0, 0.1) is 5.92 Å². The Kier molecular flexibility index (Phi) is 5.73. The molecule has 2 heterocycles. The van der Waals surface area contributed by atoms with Crippen LogP contribution in [0.25, 0.3) is 0 Å². The molecule has 33 heavy (non-hydrogen) atoms. The van der Waals surface area contributed by atoms with E-state index in [0.717, 1.165) is 16.8 Å². The van der Waals surface area contributed by atoms with E-state index in [2.05, 4.69) is 29.6 Å². The standard InChI is InChI=1S/C27H26N2O4/c1-18(26(19-8-4-2-5-9-19)20-10-6-3-7-11-20)28-27(31)21-14-25(30)29(16-21)22-12-13-23-24(15-22)33-17-32-23/h2-13,15,18,21,26H,14,16-17H2,1H3,(H,28,31). The van der Waals surface area contributed by atoms with Gasteiger partial charge < -0.3 is 19.7 Å². The van der Waals surface area contributed by atoms with E-state index in [1.807, 2.05) is 49.4 Å². The van der Waals surface area contributed by atoms with Crippen LogP contribution in [0.2, 0.25) is 0 Å². The number of anilines is 1. The monoisotopic (exact) mass is 442 g/mol. The first kappa shape index (κ1) is 21.1. The largest absolute Gasteiger partial charge is 0.454 e. The summed E-state index contributed by atoms with van der Waals surface area (Å²) in [6.07, 6.45) is 0.189. The van der Waals surface area contributed by atoms with Crippen LogP contribution in [0.15, 0.2) is 78.9 Å². The lowest BCUT2D eigenvalue weighted by Gasteiger charge is -2.27. The number of benzene rings is 3. The zero-order chi connectivity index (χ0) is 22.8. The van der Waals surface area contributed by atoms with Gasteiger partial charge in [-0.3, -0.25) is 9.59 Å². The topological polar surface area (TPSA) is 67.9 Å². The van der Waals surface area contributed by atoms with E-state index in [1.54, 1.807) is 17.0 Å². The van der Waals surface area contributed by atoms with E-state index >= 15 is 0 Å². The number of hydrogen-bond acceptors (Lipinski definition) is 4. The van der Waals surface area contributed by atoms with Crippen LogP contribution in [0.4, 0.5) is 5.69 Å². The Morgan fingerprint density at radius 3 is 2.24 bits per heavy atom. The maximum atomic E-state index is 13.2. The Labute approximate surface area is 193 Å². The van der Waals surface area contributed by atoms with Gasteiger partial charge in [0.15, 0.2) is 11.5 Å². The summed E-state index contributed by atoms with van der Waals surface area (Å²) in [5, 5.41) is 3.19. The van der Waals surface area contributed by atoms with Crippen LogP contribution >= 0.6 is 0 Å². The Bertz CT molecular complexity index is 1110. The molecule has 6 heteroatoms. The average Bonchev–Trinajstić information content (AvgIpc) is 3.46. The van der Waals surface area contributed by atoms with Gasteiger partial charge in [0.25, 0.3) is 0 Å². The van der Waals surface area contributed by atoms with Crippen LogP contribution in [-0.2, 0) is 9.59 Å². The molecular formula is C27H26N2O4. The Morgan fingerprint density at radius 2 is 1.58 bits per heavy atom. The molecule has 1 N–H and O–H groups in total. The van der Waals surface area contributed by atoms with Gasteiger partial charge in [-0.2, -0.15) is 0 Å². The molecule has 6 nitrogen and oxygen atoms in total. The van der Waals surface area contributed by atoms with Crippen LogP contribution in [0.1, 0.15) is 30.4 Å². The molecule has 0 spiro atoms. The fraction of sp³-hybridized carbons (Fsp3) is 0.259. The average molecular weight is 443 g/mol. The predicted molar refractivity (Wildman–Crippen MR) is 125 cm³/mol. The lowest BCUT2D eigenvalue weighted by molar-refractivity contribution is -0.126. The van der Waals surface area contributed by atoms with Gasteiger partial charge in [0.1, 0.15) is 0 Å². The highest BCUT2D eigenvalue weighted by molar-refractivity contribution is 6.00. The predicted octanol–water partition coefficient (Wildman–Crippen LogP) is 4.11. The lowest BCUT2D eigenvalue weighted by atomic mass is 9.85. The normalized spacial score (nSPS) is 17.9. The summed E-state index contributed by atoms with van der Waals surface area (Å²) in [6.45, 7) is 2.55. The van der Waals surface area contributed by atoms with Crippen molar-refractivity contribution in [2.75, 3.05) is 18.2 Å². The van der Waals surface area contributed by atoms with Gasteiger partial charge in [0.05, 0.1) is 5.92 Å². The van der Waals surface area contributed by atoms with Crippen molar-refractivity contribution in [3.8, 4) is 11.5 Å². The van der Waals surface area contributed by atoms with Crippen molar-refractivity contribution in [2.45, 2.75) is 25.3 Å². The highest BCUT2D eigenvalue weighted by Gasteiger charge is 2.37. The Morgan fingerprint density at radius 1 is 0.939 bits per heavy atom. The van der Waals surface area contributed by atoms with E-state index in [9.17, 15) is 9.59 Å². The maximum Gasteiger partial charge on any atom is 0.231 e. The third-order valence-corrected chi connectivity index (χ3v) is 6.35. The van der Waals surface area contributed by atoms with Crippen molar-refractivity contribution in [1.29, 1.82) is 0 Å². The third-order valence-electron chi connectivity index (χ3n) is 6.35. The first-order valence-electron chi connectivity index (χ1n) is 11.2. The van der Waals surface area contributed by atoms with Crippen molar-refractivity contribution in [3.05, 3.63) is 90.0 Å². The number of nitrogens with zero attached hydrogens (tertiary/aromatic N) is 1. The molecule has 1 fully saturated rings. The molecule has 2 unspecified atom stereocenters. The molecule has 3 aromatic rings. The molecule has 1 saturated heterocycles. The van der Waals surface area contributed by atoms with Crippen molar-refractivity contribution in [1.82, 2.24) is 5.32 Å². The van der Waals surface area contributed by atoms with Crippen LogP contribution in [0.3, 0.4) is 0 Å². The Balaban J connectivity index is 1.31. The summed E-state index contributed by atoms with van der Waals surface area (Å²) in [4.78, 5) is 27.6. The quantitative estimate of drug-likeness (QED) is 0.624. The van der Waals surface area contributed by atoms with Gasteiger partial charge in [-0.15, -0.1) is 0 Å². The van der Waals surface area contributed by atoms with Crippen molar-refractivity contribution in [3.63, 3.8) is 0 Å². The lowest BCUT2D eigenvalue weighted by Crippen LogP contribution is -2.41. The summed E-state index contributed by atoms with van der Waals surface area (Å²) in [6, 6.07) is 25.6.